The van der Waals surface area contributed by atoms with Gasteiger partial charge in [0, 0.05) is 23.7 Å². The molecular formula is C19H29N3O3S. The van der Waals surface area contributed by atoms with Gasteiger partial charge in [-0.1, -0.05) is 0 Å². The van der Waals surface area contributed by atoms with Crippen LogP contribution in [0.1, 0.15) is 50.6 Å². The zero-order valence-corrected chi connectivity index (χ0v) is 17.1. The molecule has 0 aromatic carbocycles. The average Bonchev–Trinajstić information content (AvgIpc) is 2.90. The first-order chi connectivity index (χ1) is 12.1. The Bertz CT molecular complexity index is 644. The summed E-state index contributed by atoms with van der Waals surface area (Å²) in [5, 5.41) is 5.90. The van der Waals surface area contributed by atoms with E-state index in [1.54, 1.807) is 11.8 Å². The van der Waals surface area contributed by atoms with Crippen molar-refractivity contribution in [3.8, 4) is 0 Å². The van der Waals surface area contributed by atoms with Crippen molar-refractivity contribution >= 4 is 23.8 Å². The number of carbonyl (C=O) groups excluding carboxylic acids is 2. The number of aryl methyl sites for hydroxylation is 2. The summed E-state index contributed by atoms with van der Waals surface area (Å²) in [5.74, 6) is 1.56. The minimum Gasteiger partial charge on any atom is -0.444 e. The van der Waals surface area contributed by atoms with Crippen LogP contribution in [-0.4, -0.2) is 39.6 Å². The maximum Gasteiger partial charge on any atom is 0.408 e. The van der Waals surface area contributed by atoms with Crippen molar-refractivity contribution in [2.45, 2.75) is 65.1 Å². The van der Waals surface area contributed by atoms with Crippen LogP contribution in [0.3, 0.4) is 0 Å². The van der Waals surface area contributed by atoms with E-state index in [0.717, 1.165) is 29.1 Å². The summed E-state index contributed by atoms with van der Waals surface area (Å²) in [7, 11) is 0. The van der Waals surface area contributed by atoms with Crippen LogP contribution in [0.2, 0.25) is 0 Å². The van der Waals surface area contributed by atoms with E-state index >= 15 is 0 Å². The molecule has 1 aromatic rings. The Kier molecular flexibility index (Phi) is 6.55. The summed E-state index contributed by atoms with van der Waals surface area (Å²) < 4.78 is 5.36. The molecule has 2 N–H and O–H groups in total. The van der Waals surface area contributed by atoms with Crippen molar-refractivity contribution < 1.29 is 14.3 Å². The zero-order chi connectivity index (χ0) is 19.4. The number of carbonyl (C=O) groups is 2. The molecule has 1 unspecified atom stereocenters. The van der Waals surface area contributed by atoms with Crippen molar-refractivity contribution in [2.24, 2.45) is 0 Å². The number of hydrogen-bond donors (Lipinski definition) is 2. The molecule has 0 radical (unpaired) electrons. The lowest BCUT2D eigenvalue weighted by Crippen LogP contribution is -2.52. The van der Waals surface area contributed by atoms with Gasteiger partial charge in [-0.3, -0.25) is 9.78 Å². The van der Waals surface area contributed by atoms with Crippen LogP contribution in [0.25, 0.3) is 0 Å². The van der Waals surface area contributed by atoms with Crippen LogP contribution < -0.4 is 10.6 Å². The van der Waals surface area contributed by atoms with E-state index in [4.69, 9.17) is 4.74 Å². The number of pyridine rings is 1. The second-order valence-corrected chi connectivity index (χ2v) is 9.03. The van der Waals surface area contributed by atoms with E-state index in [2.05, 4.69) is 15.6 Å². The van der Waals surface area contributed by atoms with Crippen LogP contribution in [0.4, 0.5) is 4.79 Å². The summed E-state index contributed by atoms with van der Waals surface area (Å²) in [6.07, 6.45) is 0.549. The number of nitrogens with one attached hydrogen (secondary N) is 2. The van der Waals surface area contributed by atoms with E-state index in [-0.39, 0.29) is 12.3 Å². The number of ether oxygens (including phenoxy) is 1. The predicted octanol–water partition coefficient (Wildman–Crippen LogP) is 3.11. The largest absolute Gasteiger partial charge is 0.444 e. The lowest BCUT2D eigenvalue weighted by molar-refractivity contribution is -0.122. The summed E-state index contributed by atoms with van der Waals surface area (Å²) in [6.45, 7) is 9.82. The molecule has 7 heteroatoms. The maximum absolute atomic E-state index is 12.5. The van der Waals surface area contributed by atoms with Gasteiger partial charge in [-0.2, -0.15) is 11.8 Å². The van der Waals surface area contributed by atoms with Gasteiger partial charge in [-0.05, 0) is 64.5 Å². The number of alkyl carbamates (subject to hydrolysis) is 1. The fraction of sp³-hybridized carbons (Fsp3) is 0.632. The highest BCUT2D eigenvalue weighted by atomic mass is 32.2. The Labute approximate surface area is 159 Å². The second kappa shape index (κ2) is 8.29. The first-order valence-corrected chi connectivity index (χ1v) is 10.0. The van der Waals surface area contributed by atoms with Crippen molar-refractivity contribution in [3.05, 3.63) is 29.1 Å². The van der Waals surface area contributed by atoms with Crippen LogP contribution in [-0.2, 0) is 16.1 Å². The Morgan fingerprint density at radius 1 is 1.27 bits per heavy atom. The molecule has 2 amide bonds. The van der Waals surface area contributed by atoms with E-state index in [1.807, 2.05) is 46.8 Å². The van der Waals surface area contributed by atoms with Gasteiger partial charge in [-0.25, -0.2) is 4.79 Å². The Morgan fingerprint density at radius 2 is 1.92 bits per heavy atom. The third kappa shape index (κ3) is 6.52. The van der Waals surface area contributed by atoms with Gasteiger partial charge in [0.05, 0.1) is 12.0 Å². The quantitative estimate of drug-likeness (QED) is 0.822. The molecule has 1 atom stereocenters. The summed E-state index contributed by atoms with van der Waals surface area (Å²) >= 11 is 1.74. The van der Waals surface area contributed by atoms with Crippen molar-refractivity contribution in [1.82, 2.24) is 15.6 Å². The van der Waals surface area contributed by atoms with Gasteiger partial charge in [-0.15, -0.1) is 0 Å². The molecule has 26 heavy (non-hydrogen) atoms. The smallest absolute Gasteiger partial charge is 0.408 e. The molecule has 0 saturated carbocycles. The Morgan fingerprint density at radius 3 is 2.46 bits per heavy atom. The standard InChI is InChI=1S/C19H29N3O3S/c1-13-8-15(9-14(2)21-13)11-20-16(23)10-19(6-7-26-12-19)22-17(24)25-18(3,4)5/h8-9H,6-7,10-12H2,1-5H3,(H,20,23)(H,22,24). The monoisotopic (exact) mass is 379 g/mol. The van der Waals surface area contributed by atoms with Crippen molar-refractivity contribution in [1.29, 1.82) is 0 Å². The number of rotatable bonds is 5. The summed E-state index contributed by atoms with van der Waals surface area (Å²) in [6, 6.07) is 3.93. The van der Waals surface area contributed by atoms with Gasteiger partial charge >= 0.3 is 6.09 Å². The molecule has 1 fully saturated rings. The van der Waals surface area contributed by atoms with E-state index in [1.165, 1.54) is 0 Å². The van der Waals surface area contributed by atoms with E-state index in [0.29, 0.717) is 12.3 Å². The second-order valence-electron chi connectivity index (χ2n) is 7.92. The van der Waals surface area contributed by atoms with Gasteiger partial charge < -0.3 is 15.4 Å². The molecule has 1 saturated heterocycles. The highest BCUT2D eigenvalue weighted by molar-refractivity contribution is 7.99. The first-order valence-electron chi connectivity index (χ1n) is 8.87. The molecule has 2 rings (SSSR count). The first kappa shape index (κ1) is 20.6. The third-order valence-corrected chi connectivity index (χ3v) is 5.25. The predicted molar refractivity (Wildman–Crippen MR) is 104 cm³/mol. The average molecular weight is 380 g/mol. The highest BCUT2D eigenvalue weighted by Gasteiger charge is 2.39. The number of thioether (sulfide) groups is 1. The van der Waals surface area contributed by atoms with Crippen LogP contribution >= 0.6 is 11.8 Å². The van der Waals surface area contributed by atoms with E-state index < -0.39 is 17.2 Å². The minimum atomic E-state index is -0.559. The van der Waals surface area contributed by atoms with Crippen LogP contribution in [0, 0.1) is 13.8 Å². The third-order valence-electron chi connectivity index (χ3n) is 4.00. The lowest BCUT2D eigenvalue weighted by atomic mass is 9.94. The number of hydrogen-bond acceptors (Lipinski definition) is 5. The fourth-order valence-corrected chi connectivity index (χ4v) is 4.39. The summed E-state index contributed by atoms with van der Waals surface area (Å²) in [4.78, 5) is 29.0. The molecule has 1 aromatic heterocycles. The van der Waals surface area contributed by atoms with Crippen LogP contribution in [0.5, 0.6) is 0 Å². The molecule has 1 aliphatic heterocycles. The van der Waals surface area contributed by atoms with Gasteiger partial charge in [0.2, 0.25) is 5.91 Å². The normalized spacial score (nSPS) is 19.9. The molecule has 0 bridgehead atoms. The van der Waals surface area contributed by atoms with Crippen molar-refractivity contribution in [3.63, 3.8) is 0 Å². The van der Waals surface area contributed by atoms with Crippen LogP contribution in [0.15, 0.2) is 12.1 Å². The molecule has 1 aliphatic rings. The molecule has 0 spiro atoms. The van der Waals surface area contributed by atoms with Gasteiger partial charge in [0.1, 0.15) is 5.60 Å². The SMILES string of the molecule is Cc1cc(CNC(=O)CC2(NC(=O)OC(C)(C)C)CCSC2)cc(C)n1. The highest BCUT2D eigenvalue weighted by Crippen LogP contribution is 2.31. The Balaban J connectivity index is 1.94. The molecule has 0 aliphatic carbocycles. The molecule has 2 heterocycles. The Hall–Kier alpha value is -1.76. The van der Waals surface area contributed by atoms with E-state index in [9.17, 15) is 9.59 Å². The lowest BCUT2D eigenvalue weighted by Gasteiger charge is -2.30. The topological polar surface area (TPSA) is 80.3 Å². The number of nitrogens with zero attached hydrogens (tertiary/aromatic N) is 1. The minimum absolute atomic E-state index is 0.0734. The van der Waals surface area contributed by atoms with Gasteiger partial charge in [0.15, 0.2) is 0 Å². The molecular weight excluding hydrogens is 350 g/mol. The zero-order valence-electron chi connectivity index (χ0n) is 16.3. The maximum atomic E-state index is 12.5. The molecule has 6 nitrogen and oxygen atoms in total. The van der Waals surface area contributed by atoms with Gasteiger partial charge in [0.25, 0.3) is 0 Å². The number of amides is 2. The molecule has 144 valence electrons. The fourth-order valence-electron chi connectivity index (χ4n) is 3.00. The van der Waals surface area contributed by atoms with Crippen molar-refractivity contribution in [2.75, 3.05) is 11.5 Å². The summed E-state index contributed by atoms with van der Waals surface area (Å²) in [5.41, 5.74) is 1.80. The number of aromatic nitrogens is 1.